The number of hydrogen-bond acceptors (Lipinski definition) is 3. The topological polar surface area (TPSA) is 90.6 Å². The van der Waals surface area contributed by atoms with Crippen LogP contribution in [0.2, 0.25) is 0 Å². The van der Waals surface area contributed by atoms with Gasteiger partial charge in [0.25, 0.3) is 0 Å². The van der Waals surface area contributed by atoms with Crippen molar-refractivity contribution in [1.82, 2.24) is 4.90 Å². The van der Waals surface area contributed by atoms with Crippen LogP contribution in [0.3, 0.4) is 0 Å². The maximum atomic E-state index is 11.8. The number of aliphatic carboxylic acids is 1. The monoisotopic (exact) mass is 305 g/mol. The smallest absolute Gasteiger partial charge is 0.410 e. The van der Waals surface area contributed by atoms with Crippen molar-refractivity contribution >= 4 is 12.1 Å². The van der Waals surface area contributed by atoms with E-state index in [1.165, 1.54) is 4.90 Å². The van der Waals surface area contributed by atoms with E-state index in [1.54, 1.807) is 0 Å². The van der Waals surface area contributed by atoms with E-state index < -0.39 is 18.1 Å². The highest BCUT2D eigenvalue weighted by Crippen LogP contribution is 2.21. The molecule has 1 amide bonds. The average Bonchev–Trinajstić information content (AvgIpc) is 3.14. The minimum Gasteiger partial charge on any atom is -0.675 e. The second-order valence-electron chi connectivity index (χ2n) is 5.50. The minimum atomic E-state index is -0.968. The summed E-state index contributed by atoms with van der Waals surface area (Å²) in [6, 6.07) is 8.90. The number of likely N-dealkylation sites (tertiary alicyclic amines) is 1. The molecule has 0 aromatic heterocycles. The van der Waals surface area contributed by atoms with E-state index in [2.05, 4.69) is 0 Å². The molecule has 1 heterocycles. The zero-order valence-electron chi connectivity index (χ0n) is 12.4. The predicted octanol–water partition coefficient (Wildman–Crippen LogP) is 3.07. The first-order chi connectivity index (χ1) is 10.6. The number of carbonyl (C=O) groups excluding carboxylic acids is 1. The summed E-state index contributed by atoms with van der Waals surface area (Å²) >= 11 is 0. The first-order valence-corrected chi connectivity index (χ1v) is 7.49. The van der Waals surface area contributed by atoms with Crippen LogP contribution in [-0.4, -0.2) is 40.7 Å². The van der Waals surface area contributed by atoms with E-state index in [0.29, 0.717) is 25.4 Å². The Morgan fingerprint density at radius 2 is 1.86 bits per heavy atom. The molecule has 22 heavy (non-hydrogen) atoms. The zero-order chi connectivity index (χ0) is 15.9. The molecule has 1 saturated carbocycles. The molecule has 6 heteroatoms. The van der Waals surface area contributed by atoms with Gasteiger partial charge in [0, 0.05) is 6.54 Å². The molecule has 3 rings (SSSR count). The predicted molar refractivity (Wildman–Crippen MR) is 81.3 cm³/mol. The van der Waals surface area contributed by atoms with Gasteiger partial charge in [-0.1, -0.05) is 43.2 Å². The van der Waals surface area contributed by atoms with Crippen LogP contribution in [0.15, 0.2) is 30.3 Å². The number of ether oxygens (including phenoxy) is 1. The van der Waals surface area contributed by atoms with E-state index in [4.69, 9.17) is 15.6 Å². The summed E-state index contributed by atoms with van der Waals surface area (Å²) in [4.78, 5) is 24.0. The molecule has 1 aromatic rings. The van der Waals surface area contributed by atoms with E-state index in [0.717, 1.165) is 18.4 Å². The van der Waals surface area contributed by atoms with Gasteiger partial charge in [0.1, 0.15) is 12.6 Å². The Morgan fingerprint density at radius 3 is 2.41 bits per heavy atom. The Balaban J connectivity index is 0.000000381. The molecule has 120 valence electrons. The fraction of sp³-hybridized carbons (Fsp3) is 0.500. The lowest BCUT2D eigenvalue weighted by Gasteiger charge is -2.20. The first-order valence-electron chi connectivity index (χ1n) is 7.49. The van der Waals surface area contributed by atoms with Gasteiger partial charge in [-0.3, -0.25) is 4.90 Å². The highest BCUT2D eigenvalue weighted by molar-refractivity contribution is 5.80. The molecule has 0 bridgehead atoms. The number of carbonyl (C=O) groups is 2. The van der Waals surface area contributed by atoms with Gasteiger partial charge in [0.2, 0.25) is 0 Å². The molecule has 0 unspecified atom stereocenters. The van der Waals surface area contributed by atoms with Gasteiger partial charge in [-0.15, -0.1) is 6.04 Å². The molecular formula is C16H21N2O4-. The van der Waals surface area contributed by atoms with Gasteiger partial charge in [-0.05, 0) is 18.4 Å². The minimum absolute atomic E-state index is 0.169. The molecule has 6 nitrogen and oxygen atoms in total. The lowest BCUT2D eigenvalue weighted by atomic mass is 10.2. The standard InChI is InChI=1S/C13H15NO4.C3H6N/c15-12(16)11-7-4-8-14(11)13(17)18-9-10-5-2-1-3-6-10;4-3-1-2-3/h1-3,5-6,11H,4,7-9H2,(H,15,16);3-4H,1-2H2/q;-1/t11-;/m0./s1. The SMILES string of the molecule is O=C(O)[C@@H]1CCCN1C(=O)OCc1ccccc1.[NH-]C1CC1. The molecule has 2 aliphatic rings. The van der Waals surface area contributed by atoms with Crippen molar-refractivity contribution < 1.29 is 19.4 Å². The number of carboxylic acid groups (broad SMARTS) is 1. The van der Waals surface area contributed by atoms with E-state index in [1.807, 2.05) is 30.3 Å². The van der Waals surface area contributed by atoms with Gasteiger partial charge in [0.15, 0.2) is 0 Å². The third kappa shape index (κ3) is 5.04. The number of nitrogens with one attached hydrogen (secondary N) is 1. The fourth-order valence-electron chi connectivity index (χ4n) is 2.13. The van der Waals surface area contributed by atoms with Gasteiger partial charge in [0.05, 0.1) is 0 Å². The second-order valence-corrected chi connectivity index (χ2v) is 5.50. The number of rotatable bonds is 3. The highest BCUT2D eigenvalue weighted by atomic mass is 16.6. The molecule has 2 N–H and O–H groups in total. The molecular weight excluding hydrogens is 284 g/mol. The molecule has 1 atom stereocenters. The van der Waals surface area contributed by atoms with Crippen LogP contribution in [0.25, 0.3) is 5.73 Å². The third-order valence-electron chi connectivity index (χ3n) is 3.55. The summed E-state index contributed by atoms with van der Waals surface area (Å²) in [5.74, 6) is -0.968. The second kappa shape index (κ2) is 7.79. The van der Waals surface area contributed by atoms with E-state index in [9.17, 15) is 9.59 Å². The quantitative estimate of drug-likeness (QED) is 0.929. The molecule has 1 aliphatic carbocycles. The molecule has 1 aromatic carbocycles. The van der Waals surface area contributed by atoms with Crippen LogP contribution in [0.4, 0.5) is 4.79 Å². The molecule has 1 aliphatic heterocycles. The Kier molecular flexibility index (Phi) is 5.77. The Bertz CT molecular complexity index is 502. The third-order valence-corrected chi connectivity index (χ3v) is 3.55. The van der Waals surface area contributed by atoms with Crippen LogP contribution in [0.5, 0.6) is 0 Å². The number of amides is 1. The van der Waals surface area contributed by atoms with Crippen molar-refractivity contribution in [3.05, 3.63) is 41.6 Å². The summed E-state index contributed by atoms with van der Waals surface area (Å²) in [5.41, 5.74) is 7.58. The van der Waals surface area contributed by atoms with Crippen molar-refractivity contribution in [3.63, 3.8) is 0 Å². The van der Waals surface area contributed by atoms with Gasteiger partial charge >= 0.3 is 12.1 Å². The largest absolute Gasteiger partial charge is 0.675 e. The summed E-state index contributed by atoms with van der Waals surface area (Å²) < 4.78 is 5.12. The summed E-state index contributed by atoms with van der Waals surface area (Å²) in [6.45, 7) is 0.618. The van der Waals surface area contributed by atoms with Crippen LogP contribution < -0.4 is 0 Å². The van der Waals surface area contributed by atoms with E-state index in [-0.39, 0.29) is 6.61 Å². The van der Waals surface area contributed by atoms with Crippen LogP contribution in [0.1, 0.15) is 31.2 Å². The average molecular weight is 305 g/mol. The van der Waals surface area contributed by atoms with Crippen molar-refractivity contribution in [2.45, 2.75) is 44.4 Å². The molecule has 0 radical (unpaired) electrons. The maximum Gasteiger partial charge on any atom is 0.410 e. The molecule has 2 fully saturated rings. The van der Waals surface area contributed by atoms with Gasteiger partial charge in [-0.25, -0.2) is 9.59 Å². The first kappa shape index (κ1) is 16.3. The summed E-state index contributed by atoms with van der Waals surface area (Å²) in [7, 11) is 0. The number of benzene rings is 1. The lowest BCUT2D eigenvalue weighted by molar-refractivity contribution is -0.141. The molecule has 0 spiro atoms. The Labute approximate surface area is 129 Å². The van der Waals surface area contributed by atoms with Crippen LogP contribution in [-0.2, 0) is 16.1 Å². The number of nitrogens with zero attached hydrogens (tertiary/aromatic N) is 1. The lowest BCUT2D eigenvalue weighted by Crippen LogP contribution is -2.40. The van der Waals surface area contributed by atoms with Crippen LogP contribution in [0, 0.1) is 0 Å². The van der Waals surface area contributed by atoms with Crippen molar-refractivity contribution in [2.24, 2.45) is 0 Å². The summed E-state index contributed by atoms with van der Waals surface area (Å²) in [6.07, 6.45) is 2.96. The normalized spacial score (nSPS) is 20.0. The fourth-order valence-corrected chi connectivity index (χ4v) is 2.13. The zero-order valence-corrected chi connectivity index (χ0v) is 12.4. The summed E-state index contributed by atoms with van der Waals surface area (Å²) in [5, 5.41) is 8.97. The Morgan fingerprint density at radius 1 is 1.23 bits per heavy atom. The van der Waals surface area contributed by atoms with Gasteiger partial charge < -0.3 is 15.6 Å². The van der Waals surface area contributed by atoms with Crippen molar-refractivity contribution in [1.29, 1.82) is 0 Å². The number of hydrogen-bond donors (Lipinski definition) is 1. The van der Waals surface area contributed by atoms with Gasteiger partial charge in [-0.2, -0.15) is 0 Å². The highest BCUT2D eigenvalue weighted by Gasteiger charge is 2.34. The Hall–Kier alpha value is -2.08. The van der Waals surface area contributed by atoms with E-state index >= 15 is 0 Å². The van der Waals surface area contributed by atoms with Crippen molar-refractivity contribution in [2.75, 3.05) is 6.54 Å². The maximum absolute atomic E-state index is 11.8. The van der Waals surface area contributed by atoms with Crippen LogP contribution >= 0.6 is 0 Å². The molecule has 1 saturated heterocycles. The van der Waals surface area contributed by atoms with Crippen molar-refractivity contribution in [3.8, 4) is 0 Å². The number of carboxylic acids is 1.